The largest absolute Gasteiger partial charge is 0.304 e. The second-order valence-electron chi connectivity index (χ2n) is 3.80. The molecular weight excluding hydrogens is 279 g/mol. The molecule has 18 heavy (non-hydrogen) atoms. The molecule has 0 N–H and O–H groups in total. The van der Waals surface area contributed by atoms with Gasteiger partial charge >= 0.3 is 0 Å². The Morgan fingerprint density at radius 1 is 0.722 bits per heavy atom. The molecule has 1 nitrogen and oxygen atoms in total. The Balaban J connectivity index is 1.73. The lowest BCUT2D eigenvalue weighted by atomic mass is 10.2. The first-order chi connectivity index (χ1) is 8.84. The van der Waals surface area contributed by atoms with E-state index in [0.717, 1.165) is 11.5 Å². The highest BCUT2D eigenvalue weighted by Crippen LogP contribution is 2.52. The first kappa shape index (κ1) is 13.8. The SMILES string of the molecule is O=[PH](SCc1ccccc1)SCc1ccccc1. The summed E-state index contributed by atoms with van der Waals surface area (Å²) in [7, 11) is 0. The van der Waals surface area contributed by atoms with E-state index >= 15 is 0 Å². The van der Waals surface area contributed by atoms with Gasteiger partial charge in [-0.2, -0.15) is 0 Å². The third kappa shape index (κ3) is 4.93. The van der Waals surface area contributed by atoms with Crippen LogP contribution in [0.3, 0.4) is 0 Å². The highest BCUT2D eigenvalue weighted by atomic mass is 33.1. The summed E-state index contributed by atoms with van der Waals surface area (Å²) in [6.07, 6.45) is -1.60. The second-order valence-corrected chi connectivity index (χ2v) is 10.2. The standard InChI is InChI=1S/C14H15OPS2/c15-16(17-11-13-7-3-1-4-8-13)18-12-14-9-5-2-6-10-14/h1-10,16H,11-12H2. The van der Waals surface area contributed by atoms with Crippen molar-refractivity contribution in [1.82, 2.24) is 0 Å². The van der Waals surface area contributed by atoms with Gasteiger partial charge in [-0.25, -0.2) is 0 Å². The maximum Gasteiger partial charge on any atom is 0.180 e. The minimum absolute atomic E-state index is 0.834. The van der Waals surface area contributed by atoms with E-state index in [2.05, 4.69) is 24.3 Å². The molecule has 0 unspecified atom stereocenters. The molecule has 0 atom stereocenters. The highest BCUT2D eigenvalue weighted by molar-refractivity contribution is 8.83. The minimum Gasteiger partial charge on any atom is -0.304 e. The molecule has 2 aromatic rings. The molecule has 0 aliphatic rings. The molecule has 0 bridgehead atoms. The summed E-state index contributed by atoms with van der Waals surface area (Å²) in [5.41, 5.74) is 2.47. The minimum atomic E-state index is -1.60. The van der Waals surface area contributed by atoms with E-state index < -0.39 is 6.20 Å². The van der Waals surface area contributed by atoms with Gasteiger partial charge in [0, 0.05) is 11.5 Å². The summed E-state index contributed by atoms with van der Waals surface area (Å²) in [4.78, 5) is 0. The number of benzene rings is 2. The molecule has 4 heteroatoms. The summed E-state index contributed by atoms with van der Waals surface area (Å²) < 4.78 is 11.9. The summed E-state index contributed by atoms with van der Waals surface area (Å²) in [5, 5.41) is 0. The average Bonchev–Trinajstić information content (AvgIpc) is 2.45. The van der Waals surface area contributed by atoms with Crippen molar-refractivity contribution in [2.24, 2.45) is 0 Å². The van der Waals surface area contributed by atoms with E-state index in [1.54, 1.807) is 22.8 Å². The van der Waals surface area contributed by atoms with Gasteiger partial charge in [0.1, 0.15) is 0 Å². The summed E-state index contributed by atoms with van der Waals surface area (Å²) in [6.45, 7) is 0. The van der Waals surface area contributed by atoms with Gasteiger partial charge in [0.2, 0.25) is 0 Å². The fraction of sp³-hybridized carbons (Fsp3) is 0.143. The molecule has 94 valence electrons. The van der Waals surface area contributed by atoms with E-state index in [4.69, 9.17) is 0 Å². The maximum absolute atomic E-state index is 11.9. The Kier molecular flexibility index (Phi) is 5.92. The van der Waals surface area contributed by atoms with Crippen LogP contribution in [0, 0.1) is 0 Å². The maximum atomic E-state index is 11.9. The van der Waals surface area contributed by atoms with Gasteiger partial charge in [0.25, 0.3) is 0 Å². The zero-order chi connectivity index (χ0) is 12.6. The van der Waals surface area contributed by atoms with Gasteiger partial charge in [-0.3, -0.25) is 0 Å². The van der Waals surface area contributed by atoms with Crippen molar-refractivity contribution < 1.29 is 4.57 Å². The van der Waals surface area contributed by atoms with E-state index in [1.807, 2.05) is 36.4 Å². The normalized spacial score (nSPS) is 10.7. The van der Waals surface area contributed by atoms with Crippen LogP contribution in [0.4, 0.5) is 0 Å². The van der Waals surface area contributed by atoms with E-state index in [-0.39, 0.29) is 0 Å². The number of rotatable bonds is 6. The van der Waals surface area contributed by atoms with Gasteiger partial charge in [-0.05, 0) is 11.1 Å². The second kappa shape index (κ2) is 7.73. The van der Waals surface area contributed by atoms with Crippen molar-refractivity contribution in [3.63, 3.8) is 0 Å². The Morgan fingerprint density at radius 2 is 1.11 bits per heavy atom. The lowest BCUT2D eigenvalue weighted by molar-refractivity contribution is 0.603. The van der Waals surface area contributed by atoms with Crippen molar-refractivity contribution in [3.05, 3.63) is 71.8 Å². The molecule has 0 radical (unpaired) electrons. The van der Waals surface area contributed by atoms with E-state index in [1.165, 1.54) is 11.1 Å². The predicted molar refractivity (Wildman–Crippen MR) is 84.5 cm³/mol. The molecule has 0 fully saturated rings. The monoisotopic (exact) mass is 294 g/mol. The first-order valence-corrected chi connectivity index (χ1v) is 10.5. The molecule has 2 rings (SSSR count). The van der Waals surface area contributed by atoms with Crippen LogP contribution in [0.25, 0.3) is 0 Å². The Bertz CT molecular complexity index is 442. The first-order valence-electron chi connectivity index (χ1n) is 5.72. The van der Waals surface area contributed by atoms with Crippen LogP contribution in [0.2, 0.25) is 0 Å². The molecule has 2 aromatic carbocycles. The van der Waals surface area contributed by atoms with Gasteiger partial charge in [-0.1, -0.05) is 83.4 Å². The highest BCUT2D eigenvalue weighted by Gasteiger charge is 2.02. The van der Waals surface area contributed by atoms with Crippen LogP contribution in [0.5, 0.6) is 0 Å². The third-order valence-electron chi connectivity index (χ3n) is 2.40. The van der Waals surface area contributed by atoms with Crippen LogP contribution in [-0.2, 0) is 16.1 Å². The summed E-state index contributed by atoms with van der Waals surface area (Å²) in [5.74, 6) is 1.67. The zero-order valence-corrected chi connectivity index (χ0v) is 12.5. The predicted octanol–water partition coefficient (Wildman–Crippen LogP) is 5.24. The van der Waals surface area contributed by atoms with Gasteiger partial charge in [0.05, 0.1) is 0 Å². The molecule has 0 saturated heterocycles. The van der Waals surface area contributed by atoms with Crippen molar-refractivity contribution in [2.75, 3.05) is 0 Å². The molecule has 0 amide bonds. The van der Waals surface area contributed by atoms with Crippen molar-refractivity contribution in [1.29, 1.82) is 0 Å². The zero-order valence-electron chi connectivity index (χ0n) is 9.91. The van der Waals surface area contributed by atoms with Crippen LogP contribution in [0.15, 0.2) is 60.7 Å². The number of hydrogen-bond donors (Lipinski definition) is 0. The molecule has 0 heterocycles. The molecule has 0 aromatic heterocycles. The van der Waals surface area contributed by atoms with Gasteiger partial charge in [-0.15, -0.1) is 0 Å². The third-order valence-corrected chi connectivity index (χ3v) is 8.23. The van der Waals surface area contributed by atoms with Crippen molar-refractivity contribution >= 4 is 29.0 Å². The lowest BCUT2D eigenvalue weighted by Gasteiger charge is -2.02. The van der Waals surface area contributed by atoms with Crippen LogP contribution < -0.4 is 0 Å². The molecule has 0 spiro atoms. The van der Waals surface area contributed by atoms with Crippen LogP contribution in [0.1, 0.15) is 11.1 Å². The van der Waals surface area contributed by atoms with E-state index in [9.17, 15) is 4.57 Å². The van der Waals surface area contributed by atoms with E-state index in [0.29, 0.717) is 0 Å². The Morgan fingerprint density at radius 3 is 1.50 bits per heavy atom. The molecule has 0 aliphatic heterocycles. The number of hydrogen-bond acceptors (Lipinski definition) is 3. The summed E-state index contributed by atoms with van der Waals surface area (Å²) >= 11 is 3.12. The van der Waals surface area contributed by atoms with Gasteiger partial charge < -0.3 is 4.57 Å². The lowest BCUT2D eigenvalue weighted by Crippen LogP contribution is -1.76. The Labute approximate surface area is 117 Å². The van der Waals surface area contributed by atoms with Crippen LogP contribution >= 0.6 is 29.0 Å². The molecule has 0 saturated carbocycles. The molecular formula is C14H15OPS2. The van der Waals surface area contributed by atoms with Crippen molar-refractivity contribution in [2.45, 2.75) is 11.5 Å². The summed E-state index contributed by atoms with van der Waals surface area (Å²) in [6, 6.07) is 20.4. The van der Waals surface area contributed by atoms with Crippen LogP contribution in [-0.4, -0.2) is 0 Å². The topological polar surface area (TPSA) is 17.1 Å². The smallest absolute Gasteiger partial charge is 0.180 e. The molecule has 0 aliphatic carbocycles. The Hall–Kier alpha value is -0.630. The fourth-order valence-electron chi connectivity index (χ4n) is 1.47. The average molecular weight is 294 g/mol. The van der Waals surface area contributed by atoms with Crippen molar-refractivity contribution in [3.8, 4) is 0 Å². The van der Waals surface area contributed by atoms with Gasteiger partial charge in [0.15, 0.2) is 6.20 Å². The fourth-order valence-corrected chi connectivity index (χ4v) is 6.28. The quantitative estimate of drug-likeness (QED) is 0.678.